The molecule has 0 radical (unpaired) electrons. The molecule has 0 spiro atoms. The van der Waals surface area contributed by atoms with Crippen LogP contribution < -0.4 is 4.74 Å². The molecule has 3 rings (SSSR count). The number of nitrogens with zero attached hydrogens (tertiary/aromatic N) is 2. The van der Waals surface area contributed by atoms with E-state index in [4.69, 9.17) is 4.74 Å². The number of rotatable bonds is 6. The van der Waals surface area contributed by atoms with Crippen molar-refractivity contribution in [1.29, 1.82) is 5.26 Å². The van der Waals surface area contributed by atoms with Crippen LogP contribution in [0, 0.1) is 11.3 Å². The highest BCUT2D eigenvalue weighted by Crippen LogP contribution is 2.18. The Morgan fingerprint density at radius 2 is 1.72 bits per heavy atom. The summed E-state index contributed by atoms with van der Waals surface area (Å²) in [5.41, 5.74) is 2.32. The molecule has 1 saturated heterocycles. The van der Waals surface area contributed by atoms with Gasteiger partial charge >= 0.3 is 5.97 Å². The number of amides is 1. The molecule has 29 heavy (non-hydrogen) atoms. The number of nitriles is 1. The fourth-order valence-corrected chi connectivity index (χ4v) is 3.08. The van der Waals surface area contributed by atoms with E-state index >= 15 is 0 Å². The summed E-state index contributed by atoms with van der Waals surface area (Å²) in [5.74, 6) is 0.0883. The van der Waals surface area contributed by atoms with Crippen LogP contribution in [0.4, 0.5) is 0 Å². The van der Waals surface area contributed by atoms with Crippen molar-refractivity contribution in [2.24, 2.45) is 0 Å². The Balaban J connectivity index is 1.60. The molecule has 0 aromatic heterocycles. The first-order chi connectivity index (χ1) is 14.1. The summed E-state index contributed by atoms with van der Waals surface area (Å²) < 4.78 is 10.4. The molecule has 6 nitrogen and oxygen atoms in total. The molecule has 148 valence electrons. The van der Waals surface area contributed by atoms with Crippen LogP contribution in [0.25, 0.3) is 6.08 Å². The summed E-state index contributed by atoms with van der Waals surface area (Å²) >= 11 is 0. The Kier molecular flexibility index (Phi) is 6.64. The number of hydrogen-bond acceptors (Lipinski definition) is 5. The zero-order valence-corrected chi connectivity index (χ0v) is 16.3. The minimum Gasteiger partial charge on any atom is -0.489 e. The third kappa shape index (κ3) is 5.23. The maximum absolute atomic E-state index is 12.4. The predicted molar refractivity (Wildman–Crippen MR) is 108 cm³/mol. The molecule has 2 aromatic rings. The first kappa shape index (κ1) is 20.2. The number of carbonyl (C=O) groups excluding carboxylic acids is 2. The Labute approximate surface area is 170 Å². The maximum Gasteiger partial charge on any atom is 0.337 e. The van der Waals surface area contributed by atoms with E-state index in [-0.39, 0.29) is 17.4 Å². The van der Waals surface area contributed by atoms with Gasteiger partial charge < -0.3 is 14.4 Å². The smallest absolute Gasteiger partial charge is 0.337 e. The van der Waals surface area contributed by atoms with Crippen molar-refractivity contribution in [2.75, 3.05) is 20.2 Å². The summed E-state index contributed by atoms with van der Waals surface area (Å²) in [4.78, 5) is 25.5. The lowest BCUT2D eigenvalue weighted by Crippen LogP contribution is -2.28. The Morgan fingerprint density at radius 1 is 1.07 bits per heavy atom. The molecule has 0 atom stereocenters. The second-order valence-electron chi connectivity index (χ2n) is 6.72. The van der Waals surface area contributed by atoms with Crippen LogP contribution in [0.2, 0.25) is 0 Å². The molecule has 1 amide bonds. The Hall–Kier alpha value is -3.59. The lowest BCUT2D eigenvalue weighted by molar-refractivity contribution is -0.125. The van der Waals surface area contributed by atoms with Crippen molar-refractivity contribution in [3.8, 4) is 11.8 Å². The maximum atomic E-state index is 12.4. The number of ether oxygens (including phenoxy) is 2. The average Bonchev–Trinajstić information content (AvgIpc) is 3.31. The van der Waals surface area contributed by atoms with Crippen molar-refractivity contribution in [1.82, 2.24) is 4.90 Å². The zero-order valence-electron chi connectivity index (χ0n) is 16.3. The van der Waals surface area contributed by atoms with E-state index < -0.39 is 0 Å². The molecule has 0 N–H and O–H groups in total. The van der Waals surface area contributed by atoms with Crippen LogP contribution in [0.5, 0.6) is 5.75 Å². The van der Waals surface area contributed by atoms with E-state index in [1.807, 2.05) is 30.3 Å². The molecular formula is C23H22N2O4. The van der Waals surface area contributed by atoms with E-state index in [9.17, 15) is 14.9 Å². The summed E-state index contributed by atoms with van der Waals surface area (Å²) in [7, 11) is 1.35. The van der Waals surface area contributed by atoms with E-state index in [2.05, 4.69) is 4.74 Å². The van der Waals surface area contributed by atoms with Gasteiger partial charge in [0.15, 0.2) is 0 Å². The number of benzene rings is 2. The molecule has 1 fully saturated rings. The molecular weight excluding hydrogens is 368 g/mol. The van der Waals surface area contributed by atoms with Gasteiger partial charge in [-0.1, -0.05) is 24.3 Å². The van der Waals surface area contributed by atoms with Crippen LogP contribution in [0.15, 0.2) is 54.1 Å². The minimum atomic E-state index is -0.374. The first-order valence-electron chi connectivity index (χ1n) is 9.42. The van der Waals surface area contributed by atoms with E-state index in [0.29, 0.717) is 31.0 Å². The van der Waals surface area contributed by atoms with Gasteiger partial charge in [-0.25, -0.2) is 4.79 Å². The van der Waals surface area contributed by atoms with Gasteiger partial charge in [0.2, 0.25) is 0 Å². The van der Waals surface area contributed by atoms with E-state index in [1.54, 1.807) is 35.2 Å². The number of esters is 1. The van der Waals surface area contributed by atoms with E-state index in [0.717, 1.165) is 24.0 Å². The van der Waals surface area contributed by atoms with Crippen molar-refractivity contribution >= 4 is 18.0 Å². The molecule has 1 aliphatic heterocycles. The lowest BCUT2D eigenvalue weighted by atomic mass is 10.1. The number of methoxy groups -OCH3 is 1. The van der Waals surface area contributed by atoms with Gasteiger partial charge in [0.25, 0.3) is 5.91 Å². The van der Waals surface area contributed by atoms with Crippen molar-refractivity contribution in [3.05, 3.63) is 70.8 Å². The highest BCUT2D eigenvalue weighted by Gasteiger charge is 2.21. The molecule has 0 bridgehead atoms. The van der Waals surface area contributed by atoms with Gasteiger partial charge in [-0.05, 0) is 54.3 Å². The third-order valence-corrected chi connectivity index (χ3v) is 4.72. The lowest BCUT2D eigenvalue weighted by Gasteiger charge is -2.14. The van der Waals surface area contributed by atoms with Crippen LogP contribution in [-0.4, -0.2) is 37.0 Å². The van der Waals surface area contributed by atoms with Gasteiger partial charge in [0, 0.05) is 13.1 Å². The van der Waals surface area contributed by atoms with Crippen LogP contribution in [0.1, 0.15) is 34.3 Å². The SMILES string of the molecule is COC(=O)c1ccc(COc2ccc(C=C(C#N)C(=O)N3CCCC3)cc2)cc1. The van der Waals surface area contributed by atoms with Crippen molar-refractivity contribution in [3.63, 3.8) is 0 Å². The first-order valence-corrected chi connectivity index (χ1v) is 9.42. The molecule has 1 heterocycles. The number of likely N-dealkylation sites (tertiary alicyclic amines) is 1. The molecule has 0 aliphatic carbocycles. The minimum absolute atomic E-state index is 0.145. The standard InChI is InChI=1S/C23H22N2O4/c1-28-23(27)19-8-4-18(5-9-19)16-29-21-10-6-17(7-11-21)14-20(15-24)22(26)25-12-2-3-13-25/h4-11,14H,2-3,12-13,16H2,1H3. The second-order valence-corrected chi connectivity index (χ2v) is 6.72. The Bertz CT molecular complexity index is 934. The summed E-state index contributed by atoms with van der Waals surface area (Å²) in [5, 5.41) is 9.33. The normalized spacial score (nSPS) is 13.7. The number of carbonyl (C=O) groups is 2. The van der Waals surface area contributed by atoms with Crippen molar-refractivity contribution in [2.45, 2.75) is 19.4 Å². The molecule has 0 saturated carbocycles. The summed E-state index contributed by atoms with van der Waals surface area (Å²) in [6.45, 7) is 1.78. The fraction of sp³-hybridized carbons (Fsp3) is 0.261. The van der Waals surface area contributed by atoms with Gasteiger partial charge in [-0.15, -0.1) is 0 Å². The Morgan fingerprint density at radius 3 is 2.31 bits per heavy atom. The monoisotopic (exact) mass is 390 g/mol. The molecule has 2 aromatic carbocycles. The highest BCUT2D eigenvalue weighted by molar-refractivity contribution is 6.01. The third-order valence-electron chi connectivity index (χ3n) is 4.72. The summed E-state index contributed by atoms with van der Waals surface area (Å²) in [6.07, 6.45) is 3.58. The predicted octanol–water partition coefficient (Wildman–Crippen LogP) is 3.58. The topological polar surface area (TPSA) is 79.6 Å². The van der Waals surface area contributed by atoms with E-state index in [1.165, 1.54) is 7.11 Å². The van der Waals surface area contributed by atoms with Gasteiger partial charge in [-0.2, -0.15) is 5.26 Å². The van der Waals surface area contributed by atoms with Crippen molar-refractivity contribution < 1.29 is 19.1 Å². The van der Waals surface area contributed by atoms with Gasteiger partial charge in [-0.3, -0.25) is 4.79 Å². The zero-order chi connectivity index (χ0) is 20.6. The molecule has 6 heteroatoms. The highest BCUT2D eigenvalue weighted by atomic mass is 16.5. The summed E-state index contributed by atoms with van der Waals surface area (Å²) in [6, 6.07) is 16.2. The van der Waals surface area contributed by atoms with Crippen LogP contribution in [-0.2, 0) is 16.1 Å². The van der Waals surface area contributed by atoms with Gasteiger partial charge in [0.05, 0.1) is 12.7 Å². The molecule has 0 unspecified atom stereocenters. The second kappa shape index (κ2) is 9.56. The largest absolute Gasteiger partial charge is 0.489 e. The quantitative estimate of drug-likeness (QED) is 0.428. The molecule has 1 aliphatic rings. The number of hydrogen-bond donors (Lipinski definition) is 0. The van der Waals surface area contributed by atoms with Crippen LogP contribution >= 0.6 is 0 Å². The average molecular weight is 390 g/mol. The fourth-order valence-electron chi connectivity index (χ4n) is 3.08. The van der Waals surface area contributed by atoms with Gasteiger partial charge in [0.1, 0.15) is 24.0 Å². The van der Waals surface area contributed by atoms with Crippen LogP contribution in [0.3, 0.4) is 0 Å².